The van der Waals surface area contributed by atoms with Crippen molar-refractivity contribution in [1.29, 1.82) is 0 Å². The highest BCUT2D eigenvalue weighted by atomic mass is 32.2. The number of carbonyl (C=O) groups is 1. The maximum absolute atomic E-state index is 12.4. The molecule has 5 nitrogen and oxygen atoms in total. The van der Waals surface area contributed by atoms with Crippen molar-refractivity contribution in [3.8, 4) is 0 Å². The van der Waals surface area contributed by atoms with Gasteiger partial charge in [-0.2, -0.15) is 0 Å². The molecule has 1 aromatic carbocycles. The van der Waals surface area contributed by atoms with Gasteiger partial charge in [-0.05, 0) is 62.3 Å². The van der Waals surface area contributed by atoms with Crippen LogP contribution in [0.2, 0.25) is 0 Å². The number of hydrogen-bond donors (Lipinski definition) is 0. The van der Waals surface area contributed by atoms with Crippen molar-refractivity contribution in [2.75, 3.05) is 30.2 Å². The van der Waals surface area contributed by atoms with Crippen molar-refractivity contribution < 1.29 is 13.2 Å². The van der Waals surface area contributed by atoms with E-state index in [1.807, 2.05) is 36.9 Å². The van der Waals surface area contributed by atoms with Gasteiger partial charge in [0.2, 0.25) is 15.9 Å². The monoisotopic (exact) mass is 366 g/mol. The summed E-state index contributed by atoms with van der Waals surface area (Å²) in [5.41, 5.74) is 2.74. The maximum Gasteiger partial charge on any atom is 0.232 e. The molecule has 0 aromatic heterocycles. The number of sulfonamides is 1. The Hall–Kier alpha value is -1.56. The molecule has 1 aliphatic rings. The number of aryl methyl sites for hydroxylation is 2. The maximum atomic E-state index is 12.4. The van der Waals surface area contributed by atoms with Crippen molar-refractivity contribution in [1.82, 2.24) is 4.90 Å². The first kappa shape index (κ1) is 19.8. The summed E-state index contributed by atoms with van der Waals surface area (Å²) in [6.45, 7) is 8.07. The lowest BCUT2D eigenvalue weighted by Crippen LogP contribution is -2.39. The Bertz CT molecular complexity index is 695. The van der Waals surface area contributed by atoms with Crippen LogP contribution in [0.4, 0.5) is 5.69 Å². The smallest absolute Gasteiger partial charge is 0.232 e. The van der Waals surface area contributed by atoms with E-state index in [0.29, 0.717) is 31.0 Å². The lowest BCUT2D eigenvalue weighted by Gasteiger charge is -2.31. The average molecular weight is 367 g/mol. The van der Waals surface area contributed by atoms with E-state index in [-0.39, 0.29) is 5.91 Å². The normalized spacial score (nSPS) is 18.2. The highest BCUT2D eigenvalue weighted by Gasteiger charge is 2.22. The van der Waals surface area contributed by atoms with Gasteiger partial charge in [0.05, 0.1) is 11.9 Å². The zero-order chi connectivity index (χ0) is 18.6. The molecule has 0 aliphatic carbocycles. The molecule has 0 radical (unpaired) electrons. The number of piperidine rings is 1. The molecule has 1 atom stereocenters. The van der Waals surface area contributed by atoms with Crippen molar-refractivity contribution >= 4 is 21.6 Å². The second-order valence-electron chi connectivity index (χ2n) is 7.37. The van der Waals surface area contributed by atoms with Crippen LogP contribution in [0.25, 0.3) is 0 Å². The molecule has 0 unspecified atom stereocenters. The second-order valence-corrected chi connectivity index (χ2v) is 9.28. The molecular formula is C19H30N2O3S. The molecule has 6 heteroatoms. The standard InChI is InChI=1S/C19H30N2O3S/c1-15-7-5-9-20(14-15)19(22)8-6-10-21(25(4,23)24)18-12-16(2)11-17(3)13-18/h11-13,15H,5-10,14H2,1-4H3/t15-/m0/s1. The van der Waals surface area contributed by atoms with E-state index in [1.165, 1.54) is 17.0 Å². The van der Waals surface area contributed by atoms with Crippen LogP contribution in [0.5, 0.6) is 0 Å². The Morgan fingerprint density at radius 2 is 1.88 bits per heavy atom. The molecule has 25 heavy (non-hydrogen) atoms. The number of rotatable bonds is 6. The van der Waals surface area contributed by atoms with Gasteiger partial charge in [-0.15, -0.1) is 0 Å². The van der Waals surface area contributed by atoms with E-state index in [9.17, 15) is 13.2 Å². The van der Waals surface area contributed by atoms with Gasteiger partial charge in [0.15, 0.2) is 0 Å². The van der Waals surface area contributed by atoms with Gasteiger partial charge in [0.25, 0.3) is 0 Å². The number of hydrogen-bond acceptors (Lipinski definition) is 3. The van der Waals surface area contributed by atoms with Crippen LogP contribution in [0, 0.1) is 19.8 Å². The number of carbonyl (C=O) groups excluding carboxylic acids is 1. The van der Waals surface area contributed by atoms with E-state index >= 15 is 0 Å². The second kappa shape index (κ2) is 8.21. The molecule has 0 saturated carbocycles. The highest BCUT2D eigenvalue weighted by Crippen LogP contribution is 2.22. The van der Waals surface area contributed by atoms with Crippen molar-refractivity contribution in [2.45, 2.75) is 46.5 Å². The molecule has 1 amide bonds. The van der Waals surface area contributed by atoms with E-state index in [1.54, 1.807) is 0 Å². The van der Waals surface area contributed by atoms with Crippen LogP contribution in [-0.4, -0.2) is 45.1 Å². The van der Waals surface area contributed by atoms with Crippen molar-refractivity contribution in [2.24, 2.45) is 5.92 Å². The summed E-state index contributed by atoms with van der Waals surface area (Å²) in [7, 11) is -3.37. The average Bonchev–Trinajstić information content (AvgIpc) is 2.49. The third-order valence-corrected chi connectivity index (χ3v) is 5.85. The molecule has 1 saturated heterocycles. The van der Waals surface area contributed by atoms with Gasteiger partial charge in [-0.25, -0.2) is 8.42 Å². The fraction of sp³-hybridized carbons (Fsp3) is 0.632. The third-order valence-electron chi connectivity index (χ3n) is 4.66. The molecule has 1 fully saturated rings. The third kappa shape index (κ3) is 5.73. The first-order valence-electron chi connectivity index (χ1n) is 9.00. The summed E-state index contributed by atoms with van der Waals surface area (Å²) >= 11 is 0. The van der Waals surface area contributed by atoms with Gasteiger partial charge in [-0.3, -0.25) is 9.10 Å². The van der Waals surface area contributed by atoms with E-state index in [4.69, 9.17) is 0 Å². The number of nitrogens with zero attached hydrogens (tertiary/aromatic N) is 2. The Labute approximate surface area is 152 Å². The Morgan fingerprint density at radius 1 is 1.24 bits per heavy atom. The van der Waals surface area contributed by atoms with E-state index in [2.05, 4.69) is 6.92 Å². The van der Waals surface area contributed by atoms with Gasteiger partial charge in [0, 0.05) is 26.1 Å². The molecule has 140 valence electrons. The van der Waals surface area contributed by atoms with Gasteiger partial charge in [0.1, 0.15) is 0 Å². The largest absolute Gasteiger partial charge is 0.342 e. The molecule has 1 heterocycles. The summed E-state index contributed by atoms with van der Waals surface area (Å²) in [5.74, 6) is 0.695. The summed E-state index contributed by atoms with van der Waals surface area (Å²) in [5, 5.41) is 0. The Kier molecular flexibility index (Phi) is 6.49. The summed E-state index contributed by atoms with van der Waals surface area (Å²) in [6, 6.07) is 5.77. The summed E-state index contributed by atoms with van der Waals surface area (Å²) < 4.78 is 25.8. The van der Waals surface area contributed by atoms with Crippen molar-refractivity contribution in [3.63, 3.8) is 0 Å². The van der Waals surface area contributed by atoms with Crippen LogP contribution in [0.1, 0.15) is 43.7 Å². The van der Waals surface area contributed by atoms with Crippen LogP contribution < -0.4 is 4.31 Å². The summed E-state index contributed by atoms with van der Waals surface area (Å²) in [4.78, 5) is 14.3. The fourth-order valence-electron chi connectivity index (χ4n) is 3.53. The van der Waals surface area contributed by atoms with Crippen LogP contribution in [-0.2, 0) is 14.8 Å². The molecule has 0 bridgehead atoms. The molecule has 0 spiro atoms. The minimum atomic E-state index is -3.37. The first-order chi connectivity index (χ1) is 11.7. The molecule has 2 rings (SSSR count). The lowest BCUT2D eigenvalue weighted by atomic mass is 10.00. The number of amides is 1. The van der Waals surface area contributed by atoms with Crippen LogP contribution >= 0.6 is 0 Å². The first-order valence-corrected chi connectivity index (χ1v) is 10.9. The van der Waals surface area contributed by atoms with E-state index < -0.39 is 10.0 Å². The zero-order valence-electron chi connectivity index (χ0n) is 15.8. The lowest BCUT2D eigenvalue weighted by molar-refractivity contribution is -0.132. The van der Waals surface area contributed by atoms with Crippen LogP contribution in [0.15, 0.2) is 18.2 Å². The molecule has 1 aromatic rings. The Balaban J connectivity index is 2.00. The number of anilines is 1. The topological polar surface area (TPSA) is 57.7 Å². The van der Waals surface area contributed by atoms with Gasteiger partial charge < -0.3 is 4.90 Å². The predicted molar refractivity (Wildman–Crippen MR) is 102 cm³/mol. The fourth-order valence-corrected chi connectivity index (χ4v) is 4.48. The number of benzene rings is 1. The molecule has 0 N–H and O–H groups in total. The molecular weight excluding hydrogens is 336 g/mol. The number of likely N-dealkylation sites (tertiary alicyclic amines) is 1. The SMILES string of the molecule is Cc1cc(C)cc(N(CCCC(=O)N2CCC[C@H](C)C2)S(C)(=O)=O)c1. The Morgan fingerprint density at radius 3 is 2.44 bits per heavy atom. The quantitative estimate of drug-likeness (QED) is 0.777. The van der Waals surface area contributed by atoms with Gasteiger partial charge >= 0.3 is 0 Å². The minimum Gasteiger partial charge on any atom is -0.342 e. The highest BCUT2D eigenvalue weighted by molar-refractivity contribution is 7.92. The minimum absolute atomic E-state index is 0.139. The van der Waals surface area contributed by atoms with Gasteiger partial charge in [-0.1, -0.05) is 13.0 Å². The summed E-state index contributed by atoms with van der Waals surface area (Å²) in [6.07, 6.45) is 4.38. The predicted octanol–water partition coefficient (Wildman–Crippen LogP) is 3.11. The van der Waals surface area contributed by atoms with Crippen LogP contribution in [0.3, 0.4) is 0 Å². The van der Waals surface area contributed by atoms with Crippen molar-refractivity contribution in [3.05, 3.63) is 29.3 Å². The molecule has 1 aliphatic heterocycles. The van der Waals surface area contributed by atoms with E-state index in [0.717, 1.165) is 30.6 Å². The zero-order valence-corrected chi connectivity index (χ0v) is 16.6.